The van der Waals surface area contributed by atoms with Crippen LogP contribution in [0.3, 0.4) is 0 Å². The molecule has 0 amide bonds. The average Bonchev–Trinajstić information content (AvgIpc) is 2.29. The molecule has 0 aliphatic carbocycles. The number of methoxy groups -OCH3 is 1. The van der Waals surface area contributed by atoms with E-state index in [0.717, 1.165) is 15.8 Å². The van der Waals surface area contributed by atoms with Crippen molar-refractivity contribution < 1.29 is 14.3 Å². The number of ether oxygens (including phenoxy) is 2. The number of carbonyl (C=O) groups is 1. The fourth-order valence-electron chi connectivity index (χ4n) is 1.60. The van der Waals surface area contributed by atoms with Gasteiger partial charge in [-0.25, -0.2) is 0 Å². The highest BCUT2D eigenvalue weighted by molar-refractivity contribution is 9.10. The summed E-state index contributed by atoms with van der Waals surface area (Å²) in [7, 11) is 3.52. The summed E-state index contributed by atoms with van der Waals surface area (Å²) in [5.74, 6) is 0.597. The third-order valence-electron chi connectivity index (χ3n) is 2.37. The molecule has 0 bridgehead atoms. The van der Waals surface area contributed by atoms with E-state index in [-0.39, 0.29) is 12.5 Å². The summed E-state index contributed by atoms with van der Waals surface area (Å²) in [6.07, 6.45) is 0. The van der Waals surface area contributed by atoms with Crippen LogP contribution in [-0.4, -0.2) is 38.2 Å². The normalized spacial score (nSPS) is 10.5. The Morgan fingerprint density at radius 1 is 1.44 bits per heavy atom. The largest absolute Gasteiger partial charge is 0.496 e. The topological polar surface area (TPSA) is 38.8 Å². The number of carbonyl (C=O) groups excluding carboxylic acids is 1. The molecule has 0 atom stereocenters. The zero-order valence-electron chi connectivity index (χ0n) is 10.9. The Balaban J connectivity index is 2.56. The van der Waals surface area contributed by atoms with Crippen LogP contribution in [-0.2, 0) is 16.1 Å². The number of rotatable bonds is 6. The number of esters is 1. The zero-order chi connectivity index (χ0) is 13.5. The van der Waals surface area contributed by atoms with E-state index in [2.05, 4.69) is 15.9 Å². The molecular formula is C13H18BrNO3. The fraction of sp³-hybridized carbons (Fsp3) is 0.462. The van der Waals surface area contributed by atoms with Crippen molar-refractivity contribution in [1.82, 2.24) is 4.90 Å². The lowest BCUT2D eigenvalue weighted by atomic mass is 10.2. The summed E-state index contributed by atoms with van der Waals surface area (Å²) in [6.45, 7) is 3.19. The Bertz CT molecular complexity index is 409. The van der Waals surface area contributed by atoms with Crippen LogP contribution in [0.5, 0.6) is 5.75 Å². The van der Waals surface area contributed by atoms with Crippen LogP contribution in [0.2, 0.25) is 0 Å². The van der Waals surface area contributed by atoms with Crippen molar-refractivity contribution in [2.75, 3.05) is 27.3 Å². The third kappa shape index (κ3) is 4.66. The van der Waals surface area contributed by atoms with Gasteiger partial charge in [-0.15, -0.1) is 0 Å². The van der Waals surface area contributed by atoms with E-state index < -0.39 is 0 Å². The molecule has 1 aromatic carbocycles. The number of hydrogen-bond acceptors (Lipinski definition) is 4. The quantitative estimate of drug-likeness (QED) is 0.756. The van der Waals surface area contributed by atoms with E-state index in [1.165, 1.54) is 0 Å². The molecule has 0 saturated carbocycles. The first-order chi connectivity index (χ1) is 8.56. The van der Waals surface area contributed by atoms with Gasteiger partial charge in [0.25, 0.3) is 0 Å². The summed E-state index contributed by atoms with van der Waals surface area (Å²) in [5, 5.41) is 0. The maximum absolute atomic E-state index is 11.3. The minimum atomic E-state index is -0.201. The first kappa shape index (κ1) is 15.0. The van der Waals surface area contributed by atoms with Gasteiger partial charge in [0.05, 0.1) is 24.7 Å². The highest BCUT2D eigenvalue weighted by Crippen LogP contribution is 2.25. The first-order valence-corrected chi connectivity index (χ1v) is 6.52. The van der Waals surface area contributed by atoms with Gasteiger partial charge in [-0.3, -0.25) is 9.69 Å². The second kappa shape index (κ2) is 7.38. The van der Waals surface area contributed by atoms with Gasteiger partial charge in [0.2, 0.25) is 0 Å². The molecule has 18 heavy (non-hydrogen) atoms. The highest BCUT2D eigenvalue weighted by atomic mass is 79.9. The van der Waals surface area contributed by atoms with E-state index in [4.69, 9.17) is 9.47 Å². The van der Waals surface area contributed by atoms with Crippen molar-refractivity contribution in [3.05, 3.63) is 28.2 Å². The Morgan fingerprint density at radius 2 is 2.17 bits per heavy atom. The molecular weight excluding hydrogens is 298 g/mol. The molecule has 0 unspecified atom stereocenters. The van der Waals surface area contributed by atoms with Gasteiger partial charge in [0.15, 0.2) is 0 Å². The number of likely N-dealkylation sites (N-methyl/N-ethyl adjacent to an activating group) is 1. The molecule has 0 aliphatic heterocycles. The van der Waals surface area contributed by atoms with Crippen LogP contribution in [0.1, 0.15) is 12.5 Å². The molecule has 4 nitrogen and oxygen atoms in total. The Kier molecular flexibility index (Phi) is 6.15. The molecule has 0 saturated heterocycles. The molecule has 1 rings (SSSR count). The Labute approximate surface area is 116 Å². The van der Waals surface area contributed by atoms with Crippen LogP contribution in [0, 0.1) is 0 Å². The summed E-state index contributed by atoms with van der Waals surface area (Å²) in [5.41, 5.74) is 1.11. The number of nitrogens with zero attached hydrogens (tertiary/aromatic N) is 1. The van der Waals surface area contributed by atoms with Crippen LogP contribution in [0.25, 0.3) is 0 Å². The molecule has 0 heterocycles. The molecule has 0 fully saturated rings. The third-order valence-corrected chi connectivity index (χ3v) is 2.99. The predicted molar refractivity (Wildman–Crippen MR) is 73.7 cm³/mol. The van der Waals surface area contributed by atoms with E-state index in [9.17, 15) is 4.79 Å². The maximum Gasteiger partial charge on any atom is 0.320 e. The number of benzene rings is 1. The molecule has 5 heteroatoms. The first-order valence-electron chi connectivity index (χ1n) is 5.73. The monoisotopic (exact) mass is 315 g/mol. The summed E-state index contributed by atoms with van der Waals surface area (Å²) < 4.78 is 11.0. The summed E-state index contributed by atoms with van der Waals surface area (Å²) in [6, 6.07) is 5.86. The lowest BCUT2D eigenvalue weighted by Gasteiger charge is -2.16. The SMILES string of the molecule is CCOC(=O)CN(C)Cc1ccc(OC)c(Br)c1. The average molecular weight is 316 g/mol. The second-order valence-corrected chi connectivity index (χ2v) is 4.80. The van der Waals surface area contributed by atoms with E-state index in [0.29, 0.717) is 13.2 Å². The van der Waals surface area contributed by atoms with Crippen molar-refractivity contribution >= 4 is 21.9 Å². The van der Waals surface area contributed by atoms with Crippen molar-refractivity contribution in [1.29, 1.82) is 0 Å². The van der Waals surface area contributed by atoms with E-state index in [1.54, 1.807) is 14.0 Å². The van der Waals surface area contributed by atoms with Crippen molar-refractivity contribution in [2.45, 2.75) is 13.5 Å². The minimum absolute atomic E-state index is 0.201. The van der Waals surface area contributed by atoms with Crippen LogP contribution in [0.4, 0.5) is 0 Å². The second-order valence-electron chi connectivity index (χ2n) is 3.95. The number of hydrogen-bond donors (Lipinski definition) is 0. The summed E-state index contributed by atoms with van der Waals surface area (Å²) >= 11 is 3.44. The fourth-order valence-corrected chi connectivity index (χ4v) is 2.19. The molecule has 0 radical (unpaired) electrons. The maximum atomic E-state index is 11.3. The van der Waals surface area contributed by atoms with Crippen LogP contribution in [0.15, 0.2) is 22.7 Å². The van der Waals surface area contributed by atoms with Gasteiger partial charge in [-0.1, -0.05) is 6.07 Å². The van der Waals surface area contributed by atoms with Crippen LogP contribution >= 0.6 is 15.9 Å². The van der Waals surface area contributed by atoms with E-state index in [1.807, 2.05) is 30.1 Å². The van der Waals surface area contributed by atoms with Gasteiger partial charge < -0.3 is 9.47 Å². The number of halogens is 1. The van der Waals surface area contributed by atoms with E-state index >= 15 is 0 Å². The Hall–Kier alpha value is -1.07. The molecule has 0 N–H and O–H groups in total. The standard InChI is InChI=1S/C13H18BrNO3/c1-4-18-13(16)9-15(2)8-10-5-6-12(17-3)11(14)7-10/h5-7H,4,8-9H2,1-3H3. The lowest BCUT2D eigenvalue weighted by Crippen LogP contribution is -2.27. The predicted octanol–water partition coefficient (Wildman–Crippen LogP) is 2.45. The summed E-state index contributed by atoms with van der Waals surface area (Å²) in [4.78, 5) is 13.2. The van der Waals surface area contributed by atoms with Crippen molar-refractivity contribution in [3.8, 4) is 5.75 Å². The zero-order valence-corrected chi connectivity index (χ0v) is 12.5. The molecule has 0 spiro atoms. The highest BCUT2D eigenvalue weighted by Gasteiger charge is 2.08. The van der Waals surface area contributed by atoms with Gasteiger partial charge in [-0.2, -0.15) is 0 Å². The molecule has 0 aromatic heterocycles. The van der Waals surface area contributed by atoms with Gasteiger partial charge in [0.1, 0.15) is 5.75 Å². The minimum Gasteiger partial charge on any atom is -0.496 e. The molecule has 100 valence electrons. The van der Waals surface area contributed by atoms with Gasteiger partial charge in [0, 0.05) is 6.54 Å². The molecule has 1 aromatic rings. The van der Waals surface area contributed by atoms with Gasteiger partial charge in [-0.05, 0) is 47.6 Å². The lowest BCUT2D eigenvalue weighted by molar-refractivity contribution is -0.144. The molecule has 0 aliphatic rings. The van der Waals surface area contributed by atoms with Crippen LogP contribution < -0.4 is 4.74 Å². The van der Waals surface area contributed by atoms with Crippen molar-refractivity contribution in [2.24, 2.45) is 0 Å². The Morgan fingerprint density at radius 3 is 2.72 bits per heavy atom. The van der Waals surface area contributed by atoms with Crippen molar-refractivity contribution in [3.63, 3.8) is 0 Å². The smallest absolute Gasteiger partial charge is 0.320 e. The van der Waals surface area contributed by atoms with Gasteiger partial charge >= 0.3 is 5.97 Å².